The molecule has 0 aliphatic rings. The molecule has 0 saturated carbocycles. The van der Waals surface area contributed by atoms with E-state index in [1.54, 1.807) is 38.1 Å². The topological polar surface area (TPSA) is 90.0 Å². The van der Waals surface area contributed by atoms with Gasteiger partial charge >= 0.3 is 10.2 Å². The third-order valence-corrected chi connectivity index (χ3v) is 8.63. The molecule has 2 rings (SSSR count). The molecule has 0 saturated heterocycles. The smallest absolute Gasteiger partial charge is 0.304 e. The zero-order valence-electron chi connectivity index (χ0n) is 23.1. The van der Waals surface area contributed by atoms with Gasteiger partial charge in [0.05, 0.1) is 5.69 Å². The zero-order valence-corrected chi connectivity index (χ0v) is 25.4. The van der Waals surface area contributed by atoms with Gasteiger partial charge in [0.25, 0.3) is 0 Å². The first-order chi connectivity index (χ1) is 17.7. The number of benzene rings is 2. The number of amides is 2. The van der Waals surface area contributed by atoms with E-state index in [9.17, 15) is 18.0 Å². The van der Waals surface area contributed by atoms with Gasteiger partial charge in [0, 0.05) is 42.8 Å². The Morgan fingerprint density at radius 3 is 2.16 bits per heavy atom. The van der Waals surface area contributed by atoms with Crippen molar-refractivity contribution in [1.29, 1.82) is 0 Å². The Bertz CT molecular complexity index is 1230. The van der Waals surface area contributed by atoms with Crippen LogP contribution in [0.5, 0.6) is 0 Å². The van der Waals surface area contributed by atoms with E-state index in [2.05, 4.69) is 5.32 Å². The van der Waals surface area contributed by atoms with Crippen molar-refractivity contribution in [2.24, 2.45) is 5.92 Å². The van der Waals surface area contributed by atoms with E-state index in [1.807, 2.05) is 32.9 Å². The van der Waals surface area contributed by atoms with E-state index in [-0.39, 0.29) is 18.4 Å². The number of rotatable bonds is 12. The average Bonchev–Trinajstić information content (AvgIpc) is 2.84. The van der Waals surface area contributed by atoms with E-state index in [1.165, 1.54) is 19.0 Å². The SMILES string of the molecule is CC[C@H](C(=O)NCC(C)C)N(Cc1c(Cl)cccc1Cl)C(=O)CN(c1cc(C)ccc1C)S(=O)(=O)N(C)C. The lowest BCUT2D eigenvalue weighted by Crippen LogP contribution is -2.53. The average molecular weight is 586 g/mol. The van der Waals surface area contributed by atoms with Crippen molar-refractivity contribution in [3.05, 3.63) is 63.1 Å². The molecule has 1 atom stereocenters. The molecule has 0 spiro atoms. The van der Waals surface area contributed by atoms with Crippen LogP contribution in [0.4, 0.5) is 5.69 Å². The van der Waals surface area contributed by atoms with Crippen LogP contribution in [0.1, 0.15) is 43.9 Å². The van der Waals surface area contributed by atoms with Gasteiger partial charge in [0.1, 0.15) is 12.6 Å². The van der Waals surface area contributed by atoms with Gasteiger partial charge in [0.15, 0.2) is 0 Å². The first kappa shape index (κ1) is 31.9. The number of nitrogens with zero attached hydrogens (tertiary/aromatic N) is 3. The number of carbonyl (C=O) groups excluding carboxylic acids is 2. The van der Waals surface area contributed by atoms with Crippen molar-refractivity contribution in [2.75, 3.05) is 31.5 Å². The fourth-order valence-electron chi connectivity index (χ4n) is 3.89. The molecule has 0 fully saturated rings. The third kappa shape index (κ3) is 7.85. The van der Waals surface area contributed by atoms with Crippen LogP contribution in [0.2, 0.25) is 10.0 Å². The van der Waals surface area contributed by atoms with Gasteiger partial charge < -0.3 is 10.2 Å². The number of carbonyl (C=O) groups is 2. The molecule has 2 aromatic rings. The Balaban J connectivity index is 2.60. The summed E-state index contributed by atoms with van der Waals surface area (Å²) >= 11 is 12.9. The van der Waals surface area contributed by atoms with Gasteiger partial charge in [-0.2, -0.15) is 12.7 Å². The molecule has 0 radical (unpaired) electrons. The van der Waals surface area contributed by atoms with Crippen LogP contribution in [-0.4, -0.2) is 62.7 Å². The van der Waals surface area contributed by atoms with Gasteiger partial charge in [-0.3, -0.25) is 9.59 Å². The maximum absolute atomic E-state index is 14.0. The number of aryl methyl sites for hydroxylation is 2. The first-order valence-electron chi connectivity index (χ1n) is 12.5. The lowest BCUT2D eigenvalue weighted by atomic mass is 10.1. The summed E-state index contributed by atoms with van der Waals surface area (Å²) in [5, 5.41) is 3.59. The molecule has 210 valence electrons. The first-order valence-corrected chi connectivity index (χ1v) is 14.6. The number of hydrogen-bond donors (Lipinski definition) is 1. The molecule has 0 aromatic heterocycles. The van der Waals surface area contributed by atoms with Crippen LogP contribution >= 0.6 is 23.2 Å². The van der Waals surface area contributed by atoms with Crippen LogP contribution < -0.4 is 9.62 Å². The summed E-state index contributed by atoms with van der Waals surface area (Å²) in [6.07, 6.45) is 0.307. The molecule has 0 bridgehead atoms. The van der Waals surface area contributed by atoms with E-state index in [4.69, 9.17) is 23.2 Å². The second kappa shape index (κ2) is 13.6. The number of halogens is 2. The molecular weight excluding hydrogens is 547 g/mol. The van der Waals surface area contributed by atoms with Gasteiger partial charge in [0.2, 0.25) is 11.8 Å². The standard InChI is InChI=1S/C27H38Cl2N4O4S/c1-8-24(27(35)30-15-18(2)3)32(16-21-22(28)10-9-11-23(21)29)26(34)17-33(38(36,37)31(6)7)25-14-19(4)12-13-20(25)5/h9-14,18,24H,8,15-17H2,1-7H3,(H,30,35)/t24-/m1/s1. The minimum absolute atomic E-state index is 0.0619. The Kier molecular flexibility index (Phi) is 11.4. The summed E-state index contributed by atoms with van der Waals surface area (Å²) in [7, 11) is -1.24. The summed E-state index contributed by atoms with van der Waals surface area (Å²) in [4.78, 5) is 28.6. The Morgan fingerprint density at radius 1 is 1.03 bits per heavy atom. The van der Waals surface area contributed by atoms with Gasteiger partial charge in [-0.1, -0.05) is 62.2 Å². The normalized spacial score (nSPS) is 12.5. The predicted molar refractivity (Wildman–Crippen MR) is 155 cm³/mol. The van der Waals surface area contributed by atoms with Crippen molar-refractivity contribution >= 4 is 50.9 Å². The van der Waals surface area contributed by atoms with Crippen molar-refractivity contribution in [2.45, 2.75) is 53.6 Å². The summed E-state index contributed by atoms with van der Waals surface area (Å²) in [6.45, 7) is 9.25. The molecule has 1 N–H and O–H groups in total. The minimum atomic E-state index is -4.06. The summed E-state index contributed by atoms with van der Waals surface area (Å²) in [5.74, 6) is -0.672. The van der Waals surface area contributed by atoms with E-state index >= 15 is 0 Å². The molecule has 38 heavy (non-hydrogen) atoms. The maximum Gasteiger partial charge on any atom is 0.304 e. The second-order valence-electron chi connectivity index (χ2n) is 9.87. The maximum atomic E-state index is 14.0. The molecule has 0 unspecified atom stereocenters. The zero-order chi connectivity index (χ0) is 28.8. The van der Waals surface area contributed by atoms with E-state index in [0.29, 0.717) is 39.8 Å². The largest absolute Gasteiger partial charge is 0.354 e. The lowest BCUT2D eigenvalue weighted by Gasteiger charge is -2.34. The Labute approximate surface area is 237 Å². The van der Waals surface area contributed by atoms with E-state index < -0.39 is 28.7 Å². The second-order valence-corrected chi connectivity index (χ2v) is 12.8. The van der Waals surface area contributed by atoms with Gasteiger partial charge in [-0.05, 0) is 55.5 Å². The highest BCUT2D eigenvalue weighted by molar-refractivity contribution is 7.90. The Morgan fingerprint density at radius 2 is 1.63 bits per heavy atom. The lowest BCUT2D eigenvalue weighted by molar-refractivity contribution is -0.140. The number of hydrogen-bond acceptors (Lipinski definition) is 4. The van der Waals surface area contributed by atoms with Crippen LogP contribution in [0.15, 0.2) is 36.4 Å². The summed E-state index contributed by atoms with van der Waals surface area (Å²) < 4.78 is 29.0. The minimum Gasteiger partial charge on any atom is -0.354 e. The number of anilines is 1. The van der Waals surface area contributed by atoms with Crippen LogP contribution in [0, 0.1) is 19.8 Å². The fourth-order valence-corrected chi connectivity index (χ4v) is 5.52. The summed E-state index contributed by atoms with van der Waals surface area (Å²) in [5.41, 5.74) is 2.40. The predicted octanol–water partition coefficient (Wildman–Crippen LogP) is 4.80. The Hall–Kier alpha value is -2.33. The highest BCUT2D eigenvalue weighted by atomic mass is 35.5. The van der Waals surface area contributed by atoms with E-state index in [0.717, 1.165) is 14.2 Å². The molecule has 0 aliphatic heterocycles. The van der Waals surface area contributed by atoms with Crippen LogP contribution in [0.25, 0.3) is 0 Å². The number of nitrogens with one attached hydrogen (secondary N) is 1. The molecule has 2 aromatic carbocycles. The van der Waals surface area contributed by atoms with Crippen molar-refractivity contribution in [3.8, 4) is 0 Å². The summed E-state index contributed by atoms with van der Waals surface area (Å²) in [6, 6.07) is 9.55. The third-order valence-electron chi connectivity index (χ3n) is 6.11. The van der Waals surface area contributed by atoms with Crippen molar-refractivity contribution in [3.63, 3.8) is 0 Å². The van der Waals surface area contributed by atoms with Gasteiger partial charge in [-0.25, -0.2) is 4.31 Å². The monoisotopic (exact) mass is 584 g/mol. The fraction of sp³-hybridized carbons (Fsp3) is 0.481. The van der Waals surface area contributed by atoms with Crippen LogP contribution in [0.3, 0.4) is 0 Å². The van der Waals surface area contributed by atoms with Crippen molar-refractivity contribution in [1.82, 2.24) is 14.5 Å². The molecule has 8 nitrogen and oxygen atoms in total. The molecule has 0 aliphatic carbocycles. The quantitative estimate of drug-likeness (QED) is 0.388. The molecular formula is C27H38Cl2N4O4S. The molecule has 2 amide bonds. The van der Waals surface area contributed by atoms with Crippen molar-refractivity contribution < 1.29 is 18.0 Å². The van der Waals surface area contributed by atoms with Gasteiger partial charge in [-0.15, -0.1) is 0 Å². The van der Waals surface area contributed by atoms with Crippen LogP contribution in [-0.2, 0) is 26.3 Å². The molecule has 11 heteroatoms. The molecule has 0 heterocycles. The highest BCUT2D eigenvalue weighted by Gasteiger charge is 2.34. The highest BCUT2D eigenvalue weighted by Crippen LogP contribution is 2.29.